The summed E-state index contributed by atoms with van der Waals surface area (Å²) >= 11 is 0. The number of esters is 8. The zero-order valence-electron chi connectivity index (χ0n) is 67.6. The molecule has 18 atom stereocenters. The minimum absolute atomic E-state index is 0.0556. The molecule has 0 spiro atoms. The van der Waals surface area contributed by atoms with E-state index in [0.29, 0.717) is 103 Å². The van der Waals surface area contributed by atoms with E-state index in [1.165, 1.54) is 40.0 Å². The van der Waals surface area contributed by atoms with Gasteiger partial charge in [-0.3, -0.25) is 38.4 Å². The Morgan fingerprint density at radius 1 is 0.314 bits per heavy atom. The second-order valence-electron chi connectivity index (χ2n) is 41.0. The lowest BCUT2D eigenvalue weighted by Crippen LogP contribution is -2.67. The molecule has 18 saturated carbocycles. The number of fused-ring (bicyclic) bond motifs is 10. The minimum Gasteiger partial charge on any atom is -0.463 e. The number of carbonyl (C=O) groups is 8. The normalized spacial score (nSPS) is 41.8. The number of aliphatic hydroxyl groups is 3. The van der Waals surface area contributed by atoms with Crippen LogP contribution in [0.15, 0.2) is 0 Å². The summed E-state index contributed by atoms with van der Waals surface area (Å²) in [4.78, 5) is 96.0. The van der Waals surface area contributed by atoms with Crippen molar-refractivity contribution in [1.82, 2.24) is 0 Å². The number of hydrogen-bond acceptors (Lipinski definition) is 19. The maximum atomic E-state index is 12.6. The zero-order valence-corrected chi connectivity index (χ0v) is 67.6. The molecule has 18 rings (SSSR count). The van der Waals surface area contributed by atoms with Crippen molar-refractivity contribution in [3.05, 3.63) is 0 Å². The molecule has 0 radical (unpaired) electrons. The lowest BCUT2D eigenvalue weighted by molar-refractivity contribution is -0.264. The lowest BCUT2D eigenvalue weighted by atomic mass is 9.50. The van der Waals surface area contributed by atoms with E-state index in [2.05, 4.69) is 0 Å². The second kappa shape index (κ2) is 29.4. The minimum atomic E-state index is -0.842. The fourth-order valence-corrected chi connectivity index (χ4v) is 24.5. The summed E-state index contributed by atoms with van der Waals surface area (Å²) in [6.07, 6.45) is 27.6. The molecular formula is C86H136O19. The molecule has 3 N–H and O–H groups in total. The third-order valence-corrected chi connectivity index (χ3v) is 30.3. The first-order chi connectivity index (χ1) is 48.7. The molecule has 18 aliphatic rings. The van der Waals surface area contributed by atoms with Crippen molar-refractivity contribution in [3.8, 4) is 0 Å². The Morgan fingerprint density at radius 2 is 0.676 bits per heavy atom. The van der Waals surface area contributed by atoms with Crippen LogP contribution < -0.4 is 0 Å². The fraction of sp³-hybridized carbons (Fsp3) is 0.907. The molecule has 0 aromatic heterocycles. The van der Waals surface area contributed by atoms with Gasteiger partial charge in [-0.05, 0) is 307 Å². The summed E-state index contributed by atoms with van der Waals surface area (Å²) in [5.74, 6) is 5.89. The Balaban J connectivity index is 0.000000131. The molecule has 105 heavy (non-hydrogen) atoms. The first-order valence-corrected chi connectivity index (χ1v) is 41.5. The van der Waals surface area contributed by atoms with Gasteiger partial charge >= 0.3 is 47.8 Å². The van der Waals surface area contributed by atoms with Crippen LogP contribution in [0.1, 0.15) is 324 Å². The van der Waals surface area contributed by atoms with Crippen molar-refractivity contribution in [3.63, 3.8) is 0 Å². The lowest BCUT2D eigenvalue weighted by Gasteiger charge is -2.62. The summed E-state index contributed by atoms with van der Waals surface area (Å²) in [6.45, 7) is 33.9. The highest BCUT2D eigenvalue weighted by Crippen LogP contribution is 2.65. The maximum absolute atomic E-state index is 12.6. The standard InChI is InChI=1S/3C18H28O4.C16H26O4.C16H26O3/c1-5-16(3,4)15(20)22-18-9-13-6-14(10-18)8-17(7-13,11-18)21-12(2)19;1-5-18(3,4)17(20)22-16-7-11-6-15(16)14-9-12(8-13(11)14)21-10(2)19;1-5-18(3,4)17(20)22-14-7-6-12-13-8-11(16(12)14)9-15(13)21-10(2)19;1-4-13(2,3)12(17)20-16-7-11-5-14(18,9-16)8-15(19,6-11)10-16;1-4-14(2,3)13(17)19-16-8-11-5-12(9-16)7-15(18,6-11)10-16/h13-14H,5-11H2,1-4H3;2*11-16H,5-9H2,1-4H3;11,18-19H,4-10H2,1-3H3;11-12,18H,4-10H2,1-3H3. The van der Waals surface area contributed by atoms with Gasteiger partial charge in [0.15, 0.2) is 0 Å². The molecule has 18 aliphatic carbocycles. The predicted molar refractivity (Wildman–Crippen MR) is 392 cm³/mol. The Labute approximate surface area is 627 Å². The zero-order chi connectivity index (χ0) is 77.0. The second-order valence-corrected chi connectivity index (χ2v) is 41.0. The van der Waals surface area contributed by atoms with Crippen LogP contribution >= 0.6 is 0 Å². The van der Waals surface area contributed by atoms with Crippen molar-refractivity contribution in [2.45, 2.75) is 387 Å². The highest BCUT2D eigenvalue weighted by Gasteiger charge is 2.67. The van der Waals surface area contributed by atoms with Gasteiger partial charge in [0.25, 0.3) is 0 Å². The van der Waals surface area contributed by atoms with Gasteiger partial charge in [0.1, 0.15) is 46.8 Å². The summed E-state index contributed by atoms with van der Waals surface area (Å²) in [5, 5.41) is 32.0. The SMILES string of the molecule is CCC(C)(C)C(=O)OC12CC3CC(CC(O)(C3)C1)C2.CCC(C)(C)C(=O)OC12CC3CC(CC(OC(C)=O)(C3)C1)C2.CCC(C)(C)C(=O)OC12CC3CC(O)(CC(O)(C3)C1)C2.CCC(C)(C)C(=O)OC1CC2CC1C1CC(OC(C)=O)CC21.CCC(C)(C)C(=O)OC1CCC2C3CC(CC3OC(C)=O)C12. The number of hydrogen-bond donors (Lipinski definition) is 3. The Morgan fingerprint density at radius 3 is 1.12 bits per heavy atom. The molecule has 0 aromatic rings. The van der Waals surface area contributed by atoms with Gasteiger partial charge in [-0.1, -0.05) is 34.6 Å². The average Bonchev–Trinajstić information content (AvgIpc) is 1.57. The first-order valence-electron chi connectivity index (χ1n) is 41.5. The van der Waals surface area contributed by atoms with Crippen LogP contribution in [0.5, 0.6) is 0 Å². The van der Waals surface area contributed by atoms with Crippen LogP contribution in [0.4, 0.5) is 0 Å². The van der Waals surface area contributed by atoms with Crippen molar-refractivity contribution in [2.24, 2.45) is 104 Å². The molecule has 594 valence electrons. The van der Waals surface area contributed by atoms with E-state index in [4.69, 9.17) is 37.9 Å². The van der Waals surface area contributed by atoms with Crippen molar-refractivity contribution < 1.29 is 91.6 Å². The van der Waals surface area contributed by atoms with Gasteiger partial charge in [-0.15, -0.1) is 0 Å². The largest absolute Gasteiger partial charge is 0.463 e. The van der Waals surface area contributed by atoms with Gasteiger partial charge in [0.2, 0.25) is 0 Å². The smallest absolute Gasteiger partial charge is 0.312 e. The van der Waals surface area contributed by atoms with Crippen molar-refractivity contribution in [2.75, 3.05) is 0 Å². The number of rotatable bonds is 18. The van der Waals surface area contributed by atoms with Crippen molar-refractivity contribution in [1.29, 1.82) is 0 Å². The summed E-state index contributed by atoms with van der Waals surface area (Å²) in [6, 6.07) is 0. The van der Waals surface area contributed by atoms with Gasteiger partial charge < -0.3 is 53.2 Å². The van der Waals surface area contributed by atoms with Gasteiger partial charge in [0.05, 0.1) is 43.9 Å². The Hall–Kier alpha value is -4.36. The molecule has 18 fully saturated rings. The first kappa shape index (κ1) is 81.6. The van der Waals surface area contributed by atoms with E-state index in [0.717, 1.165) is 148 Å². The van der Waals surface area contributed by atoms with Gasteiger partial charge in [-0.25, -0.2) is 0 Å². The monoisotopic (exact) mass is 1470 g/mol. The highest BCUT2D eigenvalue weighted by molar-refractivity contribution is 5.78. The predicted octanol–water partition coefficient (Wildman–Crippen LogP) is 15.5. The topological polar surface area (TPSA) is 271 Å². The van der Waals surface area contributed by atoms with Crippen LogP contribution in [0.3, 0.4) is 0 Å². The van der Waals surface area contributed by atoms with E-state index in [9.17, 15) is 53.7 Å². The third kappa shape index (κ3) is 17.3. The Kier molecular flexibility index (Phi) is 22.8. The molecule has 0 amide bonds. The molecular weight excluding hydrogens is 1340 g/mol. The quantitative estimate of drug-likeness (QED) is 0.0850. The molecule has 0 saturated heterocycles. The third-order valence-electron chi connectivity index (χ3n) is 30.3. The van der Waals surface area contributed by atoms with E-state index in [1.807, 2.05) is 104 Å². The van der Waals surface area contributed by atoms with Crippen LogP contribution in [0.25, 0.3) is 0 Å². The van der Waals surface area contributed by atoms with E-state index in [1.54, 1.807) is 0 Å². The van der Waals surface area contributed by atoms with Gasteiger partial charge in [0, 0.05) is 58.8 Å². The van der Waals surface area contributed by atoms with Crippen LogP contribution in [0.2, 0.25) is 0 Å². The Bertz CT molecular complexity index is 3200. The van der Waals surface area contributed by atoms with E-state index in [-0.39, 0.29) is 89.3 Å². The molecule has 0 aliphatic heterocycles. The number of ether oxygens (including phenoxy) is 8. The summed E-state index contributed by atoms with van der Waals surface area (Å²) < 4.78 is 46.4. The summed E-state index contributed by atoms with van der Waals surface area (Å²) in [5.41, 5.74) is -6.17. The molecule has 19 heteroatoms. The highest BCUT2D eigenvalue weighted by atomic mass is 16.6. The number of carbonyl (C=O) groups excluding carboxylic acids is 8. The van der Waals surface area contributed by atoms with Crippen LogP contribution in [-0.2, 0) is 76.3 Å². The molecule has 0 aromatic carbocycles. The summed E-state index contributed by atoms with van der Waals surface area (Å²) in [7, 11) is 0. The van der Waals surface area contributed by atoms with E-state index >= 15 is 0 Å². The van der Waals surface area contributed by atoms with Crippen LogP contribution in [0, 0.1) is 104 Å². The van der Waals surface area contributed by atoms with E-state index < -0.39 is 55.1 Å². The molecule has 0 heterocycles. The van der Waals surface area contributed by atoms with Crippen molar-refractivity contribution >= 4 is 47.8 Å². The fourth-order valence-electron chi connectivity index (χ4n) is 24.5. The maximum Gasteiger partial charge on any atom is 0.312 e. The molecule has 19 nitrogen and oxygen atoms in total. The molecule has 18 unspecified atom stereocenters. The average molecular weight is 1470 g/mol. The molecule has 16 bridgehead atoms. The van der Waals surface area contributed by atoms with Crippen LogP contribution in [-0.4, -0.2) is 127 Å². The van der Waals surface area contributed by atoms with Gasteiger partial charge in [-0.2, -0.15) is 0 Å².